The number of nitrogens with one attached hydrogen (secondary N) is 2. The standard InChI is InChI=1S/C25H25F3N6S/c1-13-5-8-20(16(4)9-13)33-23(30-31-24(33)35)19-12-22-29-18(17-7-6-14(2)15(3)10-17)11-21(25(26,27)28)34(22)32-19/h5-10,12,18,21,29H,11H2,1-4H3,(H,31,35)/t18-,21+/m1/s1. The molecule has 4 aromatic rings. The number of fused-ring (bicyclic) bond motifs is 1. The molecular formula is C25H25F3N6S. The van der Waals surface area contributed by atoms with E-state index in [4.69, 9.17) is 12.2 Å². The number of aromatic amines is 1. The van der Waals surface area contributed by atoms with Crippen molar-refractivity contribution in [3.8, 4) is 17.2 Å². The van der Waals surface area contributed by atoms with Crippen LogP contribution in [0.5, 0.6) is 0 Å². The predicted octanol–water partition coefficient (Wildman–Crippen LogP) is 6.69. The third-order valence-electron chi connectivity index (χ3n) is 6.62. The average molecular weight is 499 g/mol. The van der Waals surface area contributed by atoms with Crippen LogP contribution in [0.4, 0.5) is 19.0 Å². The van der Waals surface area contributed by atoms with Crippen LogP contribution in [0.3, 0.4) is 0 Å². The van der Waals surface area contributed by atoms with Crippen LogP contribution in [0, 0.1) is 32.5 Å². The maximum atomic E-state index is 14.2. The van der Waals surface area contributed by atoms with E-state index < -0.39 is 18.3 Å². The fraction of sp³-hybridized carbons (Fsp3) is 0.320. The molecule has 2 N–H and O–H groups in total. The zero-order valence-corrected chi connectivity index (χ0v) is 20.6. The number of aromatic nitrogens is 5. The monoisotopic (exact) mass is 498 g/mol. The Morgan fingerprint density at radius 2 is 1.74 bits per heavy atom. The minimum absolute atomic E-state index is 0.163. The van der Waals surface area contributed by atoms with Gasteiger partial charge in [0.05, 0.1) is 11.7 Å². The molecule has 6 nitrogen and oxygen atoms in total. The van der Waals surface area contributed by atoms with Crippen LogP contribution in [-0.4, -0.2) is 30.7 Å². The second-order valence-electron chi connectivity index (χ2n) is 9.17. The van der Waals surface area contributed by atoms with Crippen molar-refractivity contribution in [1.82, 2.24) is 24.5 Å². The number of rotatable bonds is 3. The van der Waals surface area contributed by atoms with Crippen molar-refractivity contribution in [3.63, 3.8) is 0 Å². The minimum atomic E-state index is -4.46. The third kappa shape index (κ3) is 4.16. The highest BCUT2D eigenvalue weighted by Gasteiger charge is 2.46. The smallest absolute Gasteiger partial charge is 0.363 e. The fourth-order valence-corrected chi connectivity index (χ4v) is 4.86. The Bertz CT molecular complexity index is 1480. The number of benzene rings is 2. The van der Waals surface area contributed by atoms with Gasteiger partial charge in [0.25, 0.3) is 0 Å². The second-order valence-corrected chi connectivity index (χ2v) is 9.56. The first kappa shape index (κ1) is 23.3. The SMILES string of the molecule is Cc1ccc(-n2c(-c3cc4n(n3)[C@H](C(F)(F)F)C[C@H](c3ccc(C)c(C)c3)N4)n[nH]c2=S)c(C)c1. The first-order chi connectivity index (χ1) is 16.5. The molecule has 35 heavy (non-hydrogen) atoms. The number of alkyl halides is 3. The number of halogens is 3. The van der Waals surface area contributed by atoms with Crippen LogP contribution in [0.25, 0.3) is 17.2 Å². The van der Waals surface area contributed by atoms with Crippen LogP contribution < -0.4 is 5.32 Å². The van der Waals surface area contributed by atoms with Gasteiger partial charge in [-0.2, -0.15) is 23.4 Å². The van der Waals surface area contributed by atoms with Crippen molar-refractivity contribution in [2.75, 3.05) is 5.32 Å². The normalized spacial score (nSPS) is 17.8. The van der Waals surface area contributed by atoms with E-state index in [2.05, 4.69) is 20.6 Å². The number of hydrogen-bond acceptors (Lipinski definition) is 4. The lowest BCUT2D eigenvalue weighted by Crippen LogP contribution is -2.35. The lowest BCUT2D eigenvalue weighted by molar-refractivity contribution is -0.173. The van der Waals surface area contributed by atoms with Gasteiger partial charge in [0.2, 0.25) is 0 Å². The Morgan fingerprint density at radius 1 is 0.971 bits per heavy atom. The highest BCUT2D eigenvalue weighted by molar-refractivity contribution is 7.71. The van der Waals surface area contributed by atoms with E-state index in [-0.39, 0.29) is 12.2 Å². The van der Waals surface area contributed by atoms with Crippen molar-refractivity contribution in [2.24, 2.45) is 0 Å². The highest BCUT2D eigenvalue weighted by atomic mass is 32.1. The zero-order valence-electron chi connectivity index (χ0n) is 19.7. The van der Waals surface area contributed by atoms with Crippen molar-refractivity contribution in [2.45, 2.75) is 52.4 Å². The van der Waals surface area contributed by atoms with E-state index in [1.807, 2.05) is 64.1 Å². The molecule has 0 radical (unpaired) electrons. The van der Waals surface area contributed by atoms with Gasteiger partial charge in [-0.05, 0) is 68.2 Å². The van der Waals surface area contributed by atoms with Gasteiger partial charge < -0.3 is 5.32 Å². The number of H-pyrrole nitrogens is 1. The van der Waals surface area contributed by atoms with Gasteiger partial charge in [0.1, 0.15) is 11.5 Å². The van der Waals surface area contributed by atoms with E-state index in [0.717, 1.165) is 38.2 Å². The summed E-state index contributed by atoms with van der Waals surface area (Å²) in [7, 11) is 0. The molecular weight excluding hydrogens is 473 g/mol. The summed E-state index contributed by atoms with van der Waals surface area (Å²) in [6, 6.07) is 11.0. The van der Waals surface area contributed by atoms with Crippen LogP contribution in [0.2, 0.25) is 0 Å². The Balaban J connectivity index is 1.61. The van der Waals surface area contributed by atoms with Crippen molar-refractivity contribution >= 4 is 18.0 Å². The molecule has 0 aliphatic carbocycles. The van der Waals surface area contributed by atoms with E-state index >= 15 is 0 Å². The Labute approximate surface area is 205 Å². The molecule has 0 bridgehead atoms. The van der Waals surface area contributed by atoms with Gasteiger partial charge in [0.15, 0.2) is 16.6 Å². The molecule has 1 aliphatic rings. The molecule has 0 fully saturated rings. The van der Waals surface area contributed by atoms with Gasteiger partial charge in [0, 0.05) is 12.5 Å². The summed E-state index contributed by atoms with van der Waals surface area (Å²) in [5.74, 6) is 0.646. The summed E-state index contributed by atoms with van der Waals surface area (Å²) < 4.78 is 45.6. The molecule has 0 unspecified atom stereocenters. The van der Waals surface area contributed by atoms with E-state index in [1.54, 1.807) is 10.6 Å². The summed E-state index contributed by atoms with van der Waals surface area (Å²) in [6.45, 7) is 7.88. The summed E-state index contributed by atoms with van der Waals surface area (Å²) >= 11 is 5.46. The predicted molar refractivity (Wildman–Crippen MR) is 131 cm³/mol. The van der Waals surface area contributed by atoms with Gasteiger partial charge in [-0.3, -0.25) is 9.67 Å². The molecule has 1 aliphatic heterocycles. The van der Waals surface area contributed by atoms with Crippen molar-refractivity contribution < 1.29 is 13.2 Å². The molecule has 2 aromatic heterocycles. The molecule has 0 saturated heterocycles. The number of hydrogen-bond donors (Lipinski definition) is 2. The van der Waals surface area contributed by atoms with Crippen LogP contribution >= 0.6 is 12.2 Å². The lowest BCUT2D eigenvalue weighted by Gasteiger charge is -2.33. The molecule has 182 valence electrons. The van der Waals surface area contributed by atoms with E-state index in [0.29, 0.717) is 16.3 Å². The molecule has 0 saturated carbocycles. The summed E-state index contributed by atoms with van der Waals surface area (Å²) in [4.78, 5) is 0. The summed E-state index contributed by atoms with van der Waals surface area (Å²) in [5, 5.41) is 14.7. The Morgan fingerprint density at radius 3 is 2.43 bits per heavy atom. The molecule has 0 spiro atoms. The maximum Gasteiger partial charge on any atom is 0.410 e. The quantitative estimate of drug-likeness (QED) is 0.309. The minimum Gasteiger partial charge on any atom is -0.363 e. The van der Waals surface area contributed by atoms with Crippen LogP contribution in [0.15, 0.2) is 42.5 Å². The van der Waals surface area contributed by atoms with Gasteiger partial charge in [-0.15, -0.1) is 0 Å². The van der Waals surface area contributed by atoms with Gasteiger partial charge >= 0.3 is 6.18 Å². The number of anilines is 1. The molecule has 3 heterocycles. The largest absolute Gasteiger partial charge is 0.410 e. The Kier molecular flexibility index (Phi) is 5.58. The van der Waals surface area contributed by atoms with Crippen LogP contribution in [-0.2, 0) is 0 Å². The van der Waals surface area contributed by atoms with E-state index in [9.17, 15) is 13.2 Å². The topological polar surface area (TPSA) is 63.5 Å². The molecule has 2 aromatic carbocycles. The lowest BCUT2D eigenvalue weighted by atomic mass is 9.94. The Hall–Kier alpha value is -3.40. The maximum absolute atomic E-state index is 14.2. The van der Waals surface area contributed by atoms with Gasteiger partial charge in [-0.1, -0.05) is 35.9 Å². The van der Waals surface area contributed by atoms with Crippen molar-refractivity contribution in [3.05, 3.63) is 75.1 Å². The van der Waals surface area contributed by atoms with Crippen molar-refractivity contribution in [1.29, 1.82) is 0 Å². The number of aryl methyl sites for hydroxylation is 4. The summed E-state index contributed by atoms with van der Waals surface area (Å²) in [5.41, 5.74) is 6.10. The molecule has 0 amide bonds. The average Bonchev–Trinajstić information content (AvgIpc) is 3.37. The number of nitrogens with zero attached hydrogens (tertiary/aromatic N) is 4. The van der Waals surface area contributed by atoms with Gasteiger partial charge in [-0.25, -0.2) is 4.68 Å². The second kappa shape index (κ2) is 8.37. The van der Waals surface area contributed by atoms with E-state index in [1.165, 1.54) is 0 Å². The zero-order chi connectivity index (χ0) is 25.1. The third-order valence-corrected chi connectivity index (χ3v) is 6.89. The fourth-order valence-electron chi connectivity index (χ4n) is 4.63. The summed E-state index contributed by atoms with van der Waals surface area (Å²) in [6.07, 6.45) is -4.62. The first-order valence-electron chi connectivity index (χ1n) is 11.3. The van der Waals surface area contributed by atoms with Crippen LogP contribution in [0.1, 0.15) is 46.3 Å². The molecule has 2 atom stereocenters. The first-order valence-corrected chi connectivity index (χ1v) is 11.7. The highest BCUT2D eigenvalue weighted by Crippen LogP contribution is 2.44. The molecule has 5 rings (SSSR count). The molecule has 10 heteroatoms.